The van der Waals surface area contributed by atoms with Crippen LogP contribution in [0.2, 0.25) is 0 Å². The Bertz CT molecular complexity index is 747. The smallest absolute Gasteiger partial charge is 0.407 e. The summed E-state index contributed by atoms with van der Waals surface area (Å²) in [6, 6.07) is 2.47. The summed E-state index contributed by atoms with van der Waals surface area (Å²) in [5.74, 6) is 0. The van der Waals surface area contributed by atoms with Gasteiger partial charge in [-0.15, -0.1) is 0 Å². The molecule has 7 nitrogen and oxygen atoms in total. The van der Waals surface area contributed by atoms with Crippen molar-refractivity contribution in [2.24, 2.45) is 0 Å². The molecule has 2 N–H and O–H groups in total. The molecule has 2 aromatic heterocycles. The lowest BCUT2D eigenvalue weighted by molar-refractivity contribution is 0.0492. The van der Waals surface area contributed by atoms with Gasteiger partial charge in [-0.25, -0.2) is 14.3 Å². The van der Waals surface area contributed by atoms with Crippen molar-refractivity contribution in [3.8, 4) is 0 Å². The zero-order valence-electron chi connectivity index (χ0n) is 14.8. The summed E-state index contributed by atoms with van der Waals surface area (Å²) in [6.45, 7) is 5.61. The van der Waals surface area contributed by atoms with E-state index in [-0.39, 0.29) is 12.1 Å². The number of hydrogen-bond donors (Lipinski definition) is 2. The topological polar surface area (TPSA) is 80.5 Å². The van der Waals surface area contributed by atoms with E-state index in [1.807, 2.05) is 33.0 Å². The Morgan fingerprint density at radius 1 is 1.28 bits per heavy atom. The van der Waals surface area contributed by atoms with Gasteiger partial charge >= 0.3 is 6.09 Å². The first-order valence-corrected chi connectivity index (χ1v) is 9.35. The number of nitrogens with one attached hydrogen (secondary N) is 2. The fourth-order valence-corrected chi connectivity index (χ4v) is 3.47. The molecule has 0 saturated heterocycles. The zero-order chi connectivity index (χ0) is 18.0. The van der Waals surface area contributed by atoms with Gasteiger partial charge in [0.2, 0.25) is 0 Å². The quantitative estimate of drug-likeness (QED) is 0.806. The summed E-state index contributed by atoms with van der Waals surface area (Å²) < 4.78 is 7.84. The van der Waals surface area contributed by atoms with E-state index >= 15 is 0 Å². The molecule has 0 aliphatic heterocycles. The molecule has 0 radical (unpaired) electrons. The van der Waals surface area contributed by atoms with Crippen LogP contribution in [-0.2, 0) is 4.74 Å². The van der Waals surface area contributed by atoms with E-state index in [1.54, 1.807) is 10.7 Å². The number of anilines is 1. The minimum Gasteiger partial charge on any atom is -0.444 e. The maximum Gasteiger partial charge on any atom is 0.407 e. The van der Waals surface area contributed by atoms with Crippen LogP contribution in [-0.4, -0.2) is 38.4 Å². The minimum atomic E-state index is -0.465. The summed E-state index contributed by atoms with van der Waals surface area (Å²) in [5, 5.41) is 10.9. The summed E-state index contributed by atoms with van der Waals surface area (Å²) in [5.41, 5.74) is 1.32. The molecule has 1 fully saturated rings. The Labute approximate surface area is 155 Å². The highest BCUT2D eigenvalue weighted by molar-refractivity contribution is 9.10. The largest absolute Gasteiger partial charge is 0.444 e. The molecule has 3 rings (SSSR count). The number of halogens is 1. The number of hydrogen-bond acceptors (Lipinski definition) is 5. The Kier molecular flexibility index (Phi) is 5.17. The lowest BCUT2D eigenvalue weighted by Crippen LogP contribution is -2.42. The normalized spacial score (nSPS) is 21.1. The number of aromatic nitrogens is 3. The van der Waals surface area contributed by atoms with Crippen LogP contribution in [0.5, 0.6) is 0 Å². The Balaban J connectivity index is 1.54. The molecule has 2 aromatic rings. The summed E-state index contributed by atoms with van der Waals surface area (Å²) in [7, 11) is 0. The first kappa shape index (κ1) is 18.0. The van der Waals surface area contributed by atoms with Gasteiger partial charge in [-0.1, -0.05) is 0 Å². The van der Waals surface area contributed by atoms with Crippen LogP contribution in [0, 0.1) is 0 Å². The highest BCUT2D eigenvalue weighted by atomic mass is 79.9. The zero-order valence-corrected chi connectivity index (χ0v) is 16.3. The van der Waals surface area contributed by atoms with E-state index in [1.165, 1.54) is 0 Å². The van der Waals surface area contributed by atoms with E-state index in [2.05, 4.69) is 36.6 Å². The number of amides is 1. The second-order valence-corrected chi connectivity index (χ2v) is 8.23. The van der Waals surface area contributed by atoms with Gasteiger partial charge in [0.25, 0.3) is 0 Å². The minimum absolute atomic E-state index is 0.170. The van der Waals surface area contributed by atoms with Crippen LogP contribution in [0.15, 0.2) is 23.1 Å². The predicted molar refractivity (Wildman–Crippen MR) is 99.7 cm³/mol. The molecular weight excluding hydrogens is 386 g/mol. The van der Waals surface area contributed by atoms with Gasteiger partial charge in [-0.3, -0.25) is 0 Å². The van der Waals surface area contributed by atoms with Gasteiger partial charge in [0.15, 0.2) is 5.65 Å². The predicted octanol–water partition coefficient (Wildman–Crippen LogP) is 3.74. The number of alkyl carbamates (subject to hydrolysis) is 1. The van der Waals surface area contributed by atoms with Gasteiger partial charge in [0.05, 0.1) is 5.69 Å². The second kappa shape index (κ2) is 7.19. The van der Waals surface area contributed by atoms with Crippen LogP contribution >= 0.6 is 15.9 Å². The summed E-state index contributed by atoms with van der Waals surface area (Å²) in [4.78, 5) is 16.2. The van der Waals surface area contributed by atoms with Gasteiger partial charge in [-0.2, -0.15) is 5.10 Å². The molecule has 1 aliphatic carbocycles. The highest BCUT2D eigenvalue weighted by Gasteiger charge is 2.25. The lowest BCUT2D eigenvalue weighted by Gasteiger charge is -2.31. The Hall–Kier alpha value is -1.83. The molecule has 0 bridgehead atoms. The molecule has 1 amide bonds. The van der Waals surface area contributed by atoms with Crippen LogP contribution in [0.4, 0.5) is 10.5 Å². The van der Waals surface area contributed by atoms with Gasteiger partial charge in [0, 0.05) is 24.5 Å². The third-order valence-corrected chi connectivity index (χ3v) is 4.52. The molecule has 0 atom stereocenters. The fraction of sp³-hybridized carbons (Fsp3) is 0.588. The van der Waals surface area contributed by atoms with E-state index in [0.717, 1.165) is 41.6 Å². The van der Waals surface area contributed by atoms with Crippen molar-refractivity contribution in [2.45, 2.75) is 64.1 Å². The van der Waals surface area contributed by atoms with Crippen molar-refractivity contribution in [3.05, 3.63) is 23.1 Å². The molecule has 0 unspecified atom stereocenters. The fourth-order valence-electron chi connectivity index (χ4n) is 3.07. The molecule has 1 aliphatic rings. The van der Waals surface area contributed by atoms with E-state index in [0.29, 0.717) is 6.04 Å². The van der Waals surface area contributed by atoms with Crippen LogP contribution in [0.3, 0.4) is 0 Å². The number of imidazole rings is 1. The first-order valence-electron chi connectivity index (χ1n) is 8.56. The van der Waals surface area contributed by atoms with Gasteiger partial charge in [-0.05, 0) is 68.5 Å². The molecule has 1 saturated carbocycles. The number of fused-ring (bicyclic) bond motifs is 1. The monoisotopic (exact) mass is 409 g/mol. The maximum atomic E-state index is 11.9. The molecule has 0 aromatic carbocycles. The Morgan fingerprint density at radius 2 is 1.96 bits per heavy atom. The van der Waals surface area contributed by atoms with Crippen molar-refractivity contribution >= 4 is 33.4 Å². The maximum absolute atomic E-state index is 11.9. The third-order valence-electron chi connectivity index (χ3n) is 4.14. The van der Waals surface area contributed by atoms with Crippen LogP contribution in [0.25, 0.3) is 5.65 Å². The van der Waals surface area contributed by atoms with E-state index in [9.17, 15) is 4.79 Å². The number of carbonyl (C=O) groups excluding carboxylic acids is 1. The first-order chi connectivity index (χ1) is 11.8. The van der Waals surface area contributed by atoms with Gasteiger partial charge < -0.3 is 15.4 Å². The number of carbonyl (C=O) groups is 1. The molecule has 136 valence electrons. The van der Waals surface area contributed by atoms with Crippen LogP contribution in [0.1, 0.15) is 46.5 Å². The molecule has 2 heterocycles. The summed E-state index contributed by atoms with van der Waals surface area (Å²) >= 11 is 3.43. The second-order valence-electron chi connectivity index (χ2n) is 7.42. The molecule has 0 spiro atoms. The van der Waals surface area contributed by atoms with Crippen molar-refractivity contribution in [3.63, 3.8) is 0 Å². The van der Waals surface area contributed by atoms with Crippen molar-refractivity contribution in [1.29, 1.82) is 0 Å². The number of rotatable bonds is 3. The highest BCUT2D eigenvalue weighted by Crippen LogP contribution is 2.25. The number of ether oxygens (including phenoxy) is 1. The van der Waals surface area contributed by atoms with Crippen LogP contribution < -0.4 is 10.6 Å². The average molecular weight is 410 g/mol. The van der Waals surface area contributed by atoms with Crippen molar-refractivity contribution in [1.82, 2.24) is 19.9 Å². The summed E-state index contributed by atoms with van der Waals surface area (Å²) in [6.07, 6.45) is 7.04. The average Bonchev–Trinajstić information content (AvgIpc) is 2.95. The molecule has 8 heteroatoms. The van der Waals surface area contributed by atoms with Crippen molar-refractivity contribution in [2.75, 3.05) is 5.32 Å². The van der Waals surface area contributed by atoms with Crippen molar-refractivity contribution < 1.29 is 9.53 Å². The molecule has 25 heavy (non-hydrogen) atoms. The third kappa shape index (κ3) is 4.84. The van der Waals surface area contributed by atoms with E-state index < -0.39 is 5.60 Å². The van der Waals surface area contributed by atoms with Gasteiger partial charge in [0.1, 0.15) is 10.2 Å². The number of nitrogens with zero attached hydrogens (tertiary/aromatic N) is 3. The Morgan fingerprint density at radius 3 is 2.64 bits per heavy atom. The molecular formula is C17H24BrN5O2. The standard InChI is InChI=1S/C17H24BrN5O2/c1-17(2,3)25-16(24)21-12-6-4-11(5-7-12)20-13-10-14(18)22-23-9-8-19-15(13)23/h8-12,20H,4-7H2,1-3H3,(H,21,24). The van der Waals surface area contributed by atoms with E-state index in [4.69, 9.17) is 4.74 Å². The lowest BCUT2D eigenvalue weighted by atomic mass is 9.91. The SMILES string of the molecule is CC(C)(C)OC(=O)NC1CCC(Nc2cc(Br)nn3ccnc23)CC1.